The standard InChI is InChI=1S/C19H18N4O/c1-2-24-14-18-19(17-6-4-3-5-7-17)23(22-21-18)13-16-10-8-15(12-20)9-11-16/h3-11H,2,13-14H2,1H3. The van der Waals surface area contributed by atoms with Gasteiger partial charge in [-0.3, -0.25) is 0 Å². The highest BCUT2D eigenvalue weighted by atomic mass is 16.5. The van der Waals surface area contributed by atoms with Crippen LogP contribution in [0.3, 0.4) is 0 Å². The van der Waals surface area contributed by atoms with Crippen LogP contribution in [0.15, 0.2) is 54.6 Å². The van der Waals surface area contributed by atoms with Gasteiger partial charge < -0.3 is 4.74 Å². The van der Waals surface area contributed by atoms with Crippen molar-refractivity contribution in [1.29, 1.82) is 5.26 Å². The molecule has 1 aromatic heterocycles. The Bertz CT molecular complexity index is 832. The van der Waals surface area contributed by atoms with Crippen molar-refractivity contribution in [3.8, 4) is 17.3 Å². The normalized spacial score (nSPS) is 10.5. The molecule has 3 rings (SSSR count). The maximum Gasteiger partial charge on any atom is 0.116 e. The van der Waals surface area contributed by atoms with Crippen molar-refractivity contribution in [2.24, 2.45) is 0 Å². The van der Waals surface area contributed by atoms with Gasteiger partial charge in [-0.2, -0.15) is 5.26 Å². The first-order chi connectivity index (χ1) is 11.8. The van der Waals surface area contributed by atoms with E-state index in [4.69, 9.17) is 10.00 Å². The van der Waals surface area contributed by atoms with Crippen LogP contribution in [0, 0.1) is 11.3 Å². The monoisotopic (exact) mass is 318 g/mol. The van der Waals surface area contributed by atoms with Gasteiger partial charge in [0, 0.05) is 12.2 Å². The van der Waals surface area contributed by atoms with Gasteiger partial charge in [0.1, 0.15) is 5.69 Å². The zero-order valence-electron chi connectivity index (χ0n) is 13.5. The van der Waals surface area contributed by atoms with E-state index in [1.807, 2.05) is 66.2 Å². The Hall–Kier alpha value is -2.97. The molecule has 0 fully saturated rings. The van der Waals surface area contributed by atoms with Gasteiger partial charge in [-0.15, -0.1) is 5.10 Å². The van der Waals surface area contributed by atoms with Gasteiger partial charge in [0.2, 0.25) is 0 Å². The smallest absolute Gasteiger partial charge is 0.116 e. The number of nitriles is 1. The van der Waals surface area contributed by atoms with Gasteiger partial charge in [0.05, 0.1) is 30.5 Å². The number of benzene rings is 2. The molecule has 0 unspecified atom stereocenters. The third-order valence-corrected chi connectivity index (χ3v) is 3.71. The van der Waals surface area contributed by atoms with E-state index in [2.05, 4.69) is 16.4 Å². The lowest BCUT2D eigenvalue weighted by molar-refractivity contribution is 0.131. The second-order valence-corrected chi connectivity index (χ2v) is 5.35. The molecule has 0 spiro atoms. The van der Waals surface area contributed by atoms with E-state index in [9.17, 15) is 0 Å². The third-order valence-electron chi connectivity index (χ3n) is 3.71. The molecule has 24 heavy (non-hydrogen) atoms. The van der Waals surface area contributed by atoms with E-state index in [0.717, 1.165) is 22.5 Å². The van der Waals surface area contributed by atoms with Crippen molar-refractivity contribution in [2.75, 3.05) is 6.61 Å². The number of aromatic nitrogens is 3. The first kappa shape index (κ1) is 15.9. The first-order valence-corrected chi connectivity index (χ1v) is 7.86. The van der Waals surface area contributed by atoms with Crippen LogP contribution in [0.4, 0.5) is 0 Å². The molecule has 120 valence electrons. The van der Waals surface area contributed by atoms with Gasteiger partial charge in [-0.25, -0.2) is 4.68 Å². The molecular weight excluding hydrogens is 300 g/mol. The number of hydrogen-bond acceptors (Lipinski definition) is 4. The minimum atomic E-state index is 0.439. The number of nitrogens with zero attached hydrogens (tertiary/aromatic N) is 4. The summed E-state index contributed by atoms with van der Waals surface area (Å²) in [5, 5.41) is 17.5. The minimum absolute atomic E-state index is 0.439. The summed E-state index contributed by atoms with van der Waals surface area (Å²) < 4.78 is 7.40. The lowest BCUT2D eigenvalue weighted by Crippen LogP contribution is -2.05. The summed E-state index contributed by atoms with van der Waals surface area (Å²) in [5.41, 5.74) is 4.58. The van der Waals surface area contributed by atoms with E-state index in [1.54, 1.807) is 0 Å². The number of rotatable bonds is 6. The average molecular weight is 318 g/mol. The summed E-state index contributed by atoms with van der Waals surface area (Å²) in [7, 11) is 0. The largest absolute Gasteiger partial charge is 0.375 e. The van der Waals surface area contributed by atoms with Crippen LogP contribution < -0.4 is 0 Å². The molecule has 0 atom stereocenters. The van der Waals surface area contributed by atoms with Crippen LogP contribution in [-0.2, 0) is 17.9 Å². The van der Waals surface area contributed by atoms with E-state index in [1.165, 1.54) is 0 Å². The molecular formula is C19H18N4O. The Kier molecular flexibility index (Phi) is 4.99. The van der Waals surface area contributed by atoms with Gasteiger partial charge in [-0.05, 0) is 24.6 Å². The topological polar surface area (TPSA) is 63.7 Å². The van der Waals surface area contributed by atoms with E-state index in [-0.39, 0.29) is 0 Å². The van der Waals surface area contributed by atoms with Crippen molar-refractivity contribution in [1.82, 2.24) is 15.0 Å². The summed E-state index contributed by atoms with van der Waals surface area (Å²) in [6, 6.07) is 19.7. The molecule has 0 saturated heterocycles. The molecule has 0 radical (unpaired) electrons. The van der Waals surface area contributed by atoms with Crippen LogP contribution in [0.2, 0.25) is 0 Å². The first-order valence-electron chi connectivity index (χ1n) is 7.86. The molecule has 2 aromatic carbocycles. The van der Waals surface area contributed by atoms with Crippen molar-refractivity contribution in [2.45, 2.75) is 20.1 Å². The van der Waals surface area contributed by atoms with Gasteiger partial charge >= 0.3 is 0 Å². The SMILES string of the molecule is CCOCc1nnn(Cc2ccc(C#N)cc2)c1-c1ccccc1. The molecule has 0 bridgehead atoms. The van der Waals surface area contributed by atoms with E-state index in [0.29, 0.717) is 25.3 Å². The summed E-state index contributed by atoms with van der Waals surface area (Å²) in [4.78, 5) is 0. The van der Waals surface area contributed by atoms with Crippen LogP contribution >= 0.6 is 0 Å². The molecule has 0 aliphatic heterocycles. The Balaban J connectivity index is 1.94. The Morgan fingerprint density at radius 1 is 1.08 bits per heavy atom. The van der Waals surface area contributed by atoms with Crippen LogP contribution in [0.25, 0.3) is 11.3 Å². The predicted octanol–water partition coefficient (Wildman–Crippen LogP) is 3.40. The zero-order valence-corrected chi connectivity index (χ0v) is 13.5. The van der Waals surface area contributed by atoms with Crippen molar-refractivity contribution >= 4 is 0 Å². The Labute approximate surface area is 141 Å². The Morgan fingerprint density at radius 3 is 2.50 bits per heavy atom. The zero-order chi connectivity index (χ0) is 16.8. The summed E-state index contributed by atoms with van der Waals surface area (Å²) in [5.74, 6) is 0. The fourth-order valence-electron chi connectivity index (χ4n) is 2.52. The van der Waals surface area contributed by atoms with Crippen molar-refractivity contribution in [3.05, 3.63) is 71.4 Å². The third kappa shape index (κ3) is 3.50. The fourth-order valence-corrected chi connectivity index (χ4v) is 2.52. The molecule has 3 aromatic rings. The van der Waals surface area contributed by atoms with E-state index >= 15 is 0 Å². The van der Waals surface area contributed by atoms with E-state index < -0.39 is 0 Å². The highest BCUT2D eigenvalue weighted by Gasteiger charge is 2.15. The fraction of sp³-hybridized carbons (Fsp3) is 0.211. The average Bonchev–Trinajstić information content (AvgIpc) is 3.03. The molecule has 0 saturated carbocycles. The summed E-state index contributed by atoms with van der Waals surface area (Å²) in [6.07, 6.45) is 0. The van der Waals surface area contributed by atoms with Gasteiger partial charge in [-0.1, -0.05) is 47.7 Å². The maximum atomic E-state index is 8.91. The quantitative estimate of drug-likeness (QED) is 0.699. The number of ether oxygens (including phenoxy) is 1. The second-order valence-electron chi connectivity index (χ2n) is 5.35. The summed E-state index contributed by atoms with van der Waals surface area (Å²) >= 11 is 0. The molecule has 0 aliphatic carbocycles. The molecule has 0 aliphatic rings. The highest BCUT2D eigenvalue weighted by Crippen LogP contribution is 2.23. The van der Waals surface area contributed by atoms with Crippen molar-refractivity contribution < 1.29 is 4.74 Å². The lowest BCUT2D eigenvalue weighted by atomic mass is 10.1. The molecule has 5 heteroatoms. The molecule has 5 nitrogen and oxygen atoms in total. The van der Waals surface area contributed by atoms with Gasteiger partial charge in [0.25, 0.3) is 0 Å². The minimum Gasteiger partial charge on any atom is -0.375 e. The predicted molar refractivity (Wildman–Crippen MR) is 91.0 cm³/mol. The van der Waals surface area contributed by atoms with Crippen LogP contribution in [0.1, 0.15) is 23.7 Å². The molecule has 0 N–H and O–H groups in total. The van der Waals surface area contributed by atoms with Crippen molar-refractivity contribution in [3.63, 3.8) is 0 Å². The maximum absolute atomic E-state index is 8.91. The Morgan fingerprint density at radius 2 is 1.83 bits per heavy atom. The summed E-state index contributed by atoms with van der Waals surface area (Å²) in [6.45, 7) is 3.63. The number of hydrogen-bond donors (Lipinski definition) is 0. The van der Waals surface area contributed by atoms with Gasteiger partial charge in [0.15, 0.2) is 0 Å². The van der Waals surface area contributed by atoms with Crippen LogP contribution in [0.5, 0.6) is 0 Å². The highest BCUT2D eigenvalue weighted by molar-refractivity contribution is 5.61. The molecule has 0 amide bonds. The molecule has 1 heterocycles. The second kappa shape index (κ2) is 7.53. The lowest BCUT2D eigenvalue weighted by Gasteiger charge is -2.09. The van der Waals surface area contributed by atoms with Crippen LogP contribution in [-0.4, -0.2) is 21.6 Å².